The van der Waals surface area contributed by atoms with Crippen molar-refractivity contribution in [2.75, 3.05) is 0 Å². The van der Waals surface area contributed by atoms with Crippen LogP contribution in [0.25, 0.3) is 0 Å². The highest BCUT2D eigenvalue weighted by atomic mass is 32.2. The third-order valence-electron chi connectivity index (χ3n) is 2.78. The van der Waals surface area contributed by atoms with Crippen molar-refractivity contribution in [1.82, 2.24) is 4.72 Å². The van der Waals surface area contributed by atoms with E-state index < -0.39 is 21.9 Å². The van der Waals surface area contributed by atoms with Gasteiger partial charge in [0.05, 0.1) is 11.5 Å². The fourth-order valence-corrected chi connectivity index (χ4v) is 4.09. The van der Waals surface area contributed by atoms with Gasteiger partial charge in [-0.2, -0.15) is 0 Å². The first-order valence-corrected chi connectivity index (χ1v) is 8.25. The van der Waals surface area contributed by atoms with Crippen LogP contribution in [0.2, 0.25) is 0 Å². The van der Waals surface area contributed by atoms with Gasteiger partial charge in [-0.3, -0.25) is 0 Å². The number of sulfonamides is 1. The van der Waals surface area contributed by atoms with E-state index in [0.29, 0.717) is 10.4 Å². The molecule has 0 spiro atoms. The van der Waals surface area contributed by atoms with Crippen molar-refractivity contribution in [3.8, 4) is 0 Å². The molecule has 0 fully saturated rings. The van der Waals surface area contributed by atoms with Gasteiger partial charge in [-0.1, -0.05) is 12.1 Å². The van der Waals surface area contributed by atoms with E-state index in [0.717, 1.165) is 0 Å². The van der Waals surface area contributed by atoms with E-state index in [1.807, 2.05) is 0 Å². The van der Waals surface area contributed by atoms with Crippen LogP contribution in [-0.4, -0.2) is 13.5 Å². The maximum atomic E-state index is 13.1. The monoisotopic (exact) mass is 315 g/mol. The van der Waals surface area contributed by atoms with Gasteiger partial charge in [0, 0.05) is 16.3 Å². The first kappa shape index (κ1) is 15.1. The molecule has 7 heteroatoms. The van der Waals surface area contributed by atoms with Gasteiger partial charge in [0.25, 0.3) is 0 Å². The first-order chi connectivity index (χ1) is 9.42. The number of thiophene rings is 1. The van der Waals surface area contributed by atoms with Crippen molar-refractivity contribution in [1.29, 1.82) is 0 Å². The molecule has 0 aliphatic carbocycles. The molecule has 0 saturated heterocycles. The quantitative estimate of drug-likeness (QED) is 0.890. The van der Waals surface area contributed by atoms with Crippen molar-refractivity contribution < 1.29 is 17.9 Å². The third-order valence-corrected chi connectivity index (χ3v) is 5.37. The Kier molecular flexibility index (Phi) is 4.54. The van der Waals surface area contributed by atoms with Crippen LogP contribution in [0.5, 0.6) is 0 Å². The van der Waals surface area contributed by atoms with Crippen molar-refractivity contribution in [3.05, 3.63) is 52.0 Å². The predicted molar refractivity (Wildman–Crippen MR) is 75.4 cm³/mol. The second-order valence-electron chi connectivity index (χ2n) is 4.30. The maximum Gasteiger partial charge on any atom is 0.241 e. The van der Waals surface area contributed by atoms with Gasteiger partial charge in [-0.05, 0) is 30.7 Å². The lowest BCUT2D eigenvalue weighted by atomic mass is 10.1. The SMILES string of the molecule is CC(NS(=O)(=O)c1csc(CO)c1)c1cccc(F)c1. The van der Waals surface area contributed by atoms with E-state index in [2.05, 4.69) is 4.72 Å². The molecule has 1 aromatic heterocycles. The second kappa shape index (κ2) is 6.01. The smallest absolute Gasteiger partial charge is 0.241 e. The summed E-state index contributed by atoms with van der Waals surface area (Å²) in [5, 5.41) is 10.4. The highest BCUT2D eigenvalue weighted by molar-refractivity contribution is 7.89. The highest BCUT2D eigenvalue weighted by Crippen LogP contribution is 2.22. The summed E-state index contributed by atoms with van der Waals surface area (Å²) in [6, 6.07) is 6.66. The number of hydrogen-bond acceptors (Lipinski definition) is 4. The number of nitrogens with one attached hydrogen (secondary N) is 1. The molecule has 0 amide bonds. The Balaban J connectivity index is 2.19. The maximum absolute atomic E-state index is 13.1. The molecule has 2 rings (SSSR count). The van der Waals surface area contributed by atoms with E-state index in [4.69, 9.17) is 5.11 Å². The number of benzene rings is 1. The number of halogens is 1. The zero-order valence-corrected chi connectivity index (χ0v) is 12.3. The Labute approximate surface area is 120 Å². The van der Waals surface area contributed by atoms with Crippen molar-refractivity contribution in [2.45, 2.75) is 24.5 Å². The summed E-state index contributed by atoms with van der Waals surface area (Å²) >= 11 is 1.17. The van der Waals surface area contributed by atoms with Crippen LogP contribution in [0.15, 0.2) is 40.6 Å². The first-order valence-electron chi connectivity index (χ1n) is 5.88. The Morgan fingerprint density at radius 3 is 2.75 bits per heavy atom. The largest absolute Gasteiger partial charge is 0.391 e. The molecule has 1 heterocycles. The van der Waals surface area contributed by atoms with Gasteiger partial charge in [0.2, 0.25) is 10.0 Å². The van der Waals surface area contributed by atoms with Gasteiger partial charge in [0.1, 0.15) is 5.82 Å². The van der Waals surface area contributed by atoms with Gasteiger partial charge in [-0.25, -0.2) is 17.5 Å². The number of aliphatic hydroxyl groups is 1. The molecule has 1 unspecified atom stereocenters. The van der Waals surface area contributed by atoms with Crippen LogP contribution in [-0.2, 0) is 16.6 Å². The molecule has 1 aromatic carbocycles. The summed E-state index contributed by atoms with van der Waals surface area (Å²) in [5.74, 6) is -0.411. The summed E-state index contributed by atoms with van der Waals surface area (Å²) in [7, 11) is -3.68. The molecule has 0 aliphatic rings. The molecule has 20 heavy (non-hydrogen) atoms. The number of aliphatic hydroxyl groups excluding tert-OH is 1. The van der Waals surface area contributed by atoms with Gasteiger partial charge in [0.15, 0.2) is 0 Å². The summed E-state index contributed by atoms with van der Waals surface area (Å²) in [4.78, 5) is 0.679. The van der Waals surface area contributed by atoms with Crippen LogP contribution in [0, 0.1) is 5.82 Å². The van der Waals surface area contributed by atoms with E-state index in [-0.39, 0.29) is 11.5 Å². The van der Waals surface area contributed by atoms with Gasteiger partial charge >= 0.3 is 0 Å². The molecule has 0 bridgehead atoms. The average molecular weight is 315 g/mol. The summed E-state index contributed by atoms with van der Waals surface area (Å²) in [6.45, 7) is 1.45. The Morgan fingerprint density at radius 1 is 1.40 bits per heavy atom. The predicted octanol–water partition coefficient (Wildman–Crippen LogP) is 2.42. The van der Waals surface area contributed by atoms with Gasteiger partial charge in [-0.15, -0.1) is 11.3 Å². The molecule has 1 atom stereocenters. The van der Waals surface area contributed by atoms with Crippen LogP contribution in [0.4, 0.5) is 4.39 Å². The Bertz CT molecular complexity index is 697. The third kappa shape index (κ3) is 3.43. The van der Waals surface area contributed by atoms with Crippen molar-refractivity contribution in [3.63, 3.8) is 0 Å². The molecule has 108 valence electrons. The molecule has 4 nitrogen and oxygen atoms in total. The lowest BCUT2D eigenvalue weighted by molar-refractivity contribution is 0.285. The average Bonchev–Trinajstić information content (AvgIpc) is 2.87. The Hall–Kier alpha value is -1.28. The minimum absolute atomic E-state index is 0.106. The molecular weight excluding hydrogens is 301 g/mol. The molecule has 0 radical (unpaired) electrons. The number of hydrogen-bond donors (Lipinski definition) is 2. The van der Waals surface area contributed by atoms with Crippen molar-refractivity contribution in [2.24, 2.45) is 0 Å². The highest BCUT2D eigenvalue weighted by Gasteiger charge is 2.20. The van der Waals surface area contributed by atoms with Crippen LogP contribution < -0.4 is 4.72 Å². The molecule has 2 aromatic rings. The summed E-state index contributed by atoms with van der Waals surface area (Å²) < 4.78 is 39.9. The summed E-state index contributed by atoms with van der Waals surface area (Å²) in [5.41, 5.74) is 0.547. The lowest BCUT2D eigenvalue weighted by Crippen LogP contribution is -2.26. The van der Waals surface area contributed by atoms with E-state index in [9.17, 15) is 12.8 Å². The second-order valence-corrected chi connectivity index (χ2v) is 7.01. The van der Waals surface area contributed by atoms with Crippen LogP contribution in [0.1, 0.15) is 23.4 Å². The topological polar surface area (TPSA) is 66.4 Å². The fraction of sp³-hybridized carbons (Fsp3) is 0.231. The van der Waals surface area contributed by atoms with E-state index in [1.165, 1.54) is 41.0 Å². The van der Waals surface area contributed by atoms with E-state index in [1.54, 1.807) is 13.0 Å². The van der Waals surface area contributed by atoms with Crippen LogP contribution >= 0.6 is 11.3 Å². The zero-order valence-electron chi connectivity index (χ0n) is 10.7. The van der Waals surface area contributed by atoms with Gasteiger partial charge < -0.3 is 5.11 Å². The molecule has 2 N–H and O–H groups in total. The normalized spacial score (nSPS) is 13.3. The van der Waals surface area contributed by atoms with Crippen molar-refractivity contribution >= 4 is 21.4 Å². The molecular formula is C13H14FNO3S2. The minimum Gasteiger partial charge on any atom is -0.391 e. The molecule has 0 saturated carbocycles. The van der Waals surface area contributed by atoms with E-state index >= 15 is 0 Å². The molecule has 0 aliphatic heterocycles. The Morgan fingerprint density at radius 2 is 2.15 bits per heavy atom. The van der Waals surface area contributed by atoms with Crippen LogP contribution in [0.3, 0.4) is 0 Å². The zero-order chi connectivity index (χ0) is 14.8. The number of rotatable bonds is 5. The lowest BCUT2D eigenvalue weighted by Gasteiger charge is -2.14. The standard InChI is InChI=1S/C13H14FNO3S2/c1-9(10-3-2-4-11(14)5-10)15-20(17,18)13-6-12(7-16)19-8-13/h2-6,8-9,15-16H,7H2,1H3. The fourth-order valence-electron chi connectivity index (χ4n) is 1.73. The minimum atomic E-state index is -3.68. The summed E-state index contributed by atoms with van der Waals surface area (Å²) in [6.07, 6.45) is 0.